The Morgan fingerprint density at radius 3 is 2.57 bits per heavy atom. The Bertz CT molecular complexity index is 429. The number of anilines is 1. The number of rotatable bonds is 2. The third-order valence-corrected chi connectivity index (χ3v) is 1.87. The van der Waals surface area contributed by atoms with E-state index >= 15 is 0 Å². The summed E-state index contributed by atoms with van der Waals surface area (Å²) in [7, 11) is 0. The van der Waals surface area contributed by atoms with Crippen LogP contribution in [0, 0.1) is 0 Å². The molecule has 0 aliphatic rings. The van der Waals surface area contributed by atoms with Crippen molar-refractivity contribution < 1.29 is 0 Å². The Morgan fingerprint density at radius 2 is 1.93 bits per heavy atom. The van der Waals surface area contributed by atoms with Gasteiger partial charge in [0.05, 0.1) is 5.69 Å². The van der Waals surface area contributed by atoms with E-state index < -0.39 is 0 Å². The lowest BCUT2D eigenvalue weighted by Gasteiger charge is -1.89. The van der Waals surface area contributed by atoms with Gasteiger partial charge in [-0.3, -0.25) is 5.10 Å². The zero-order valence-electron chi connectivity index (χ0n) is 7.64. The van der Waals surface area contributed by atoms with Gasteiger partial charge in [-0.15, -0.1) is 0 Å². The summed E-state index contributed by atoms with van der Waals surface area (Å²) >= 11 is 0. The van der Waals surface area contributed by atoms with Crippen molar-refractivity contribution in [2.75, 3.05) is 5.73 Å². The molecule has 0 aliphatic heterocycles. The van der Waals surface area contributed by atoms with Crippen LogP contribution in [-0.2, 0) is 0 Å². The summed E-state index contributed by atoms with van der Waals surface area (Å²) in [5.74, 6) is 0.512. The number of H-pyrrole nitrogens is 1. The van der Waals surface area contributed by atoms with Gasteiger partial charge >= 0.3 is 0 Å². The number of nitrogens with one attached hydrogen (secondary N) is 1. The van der Waals surface area contributed by atoms with Crippen LogP contribution in [0.1, 0.15) is 11.3 Å². The fourth-order valence-corrected chi connectivity index (χ4v) is 1.19. The number of nitrogen functional groups attached to an aromatic ring is 1. The fourth-order valence-electron chi connectivity index (χ4n) is 1.19. The first-order chi connectivity index (χ1) is 6.84. The smallest absolute Gasteiger partial charge is 0.145 e. The highest BCUT2D eigenvalue weighted by Gasteiger charge is 1.91. The zero-order chi connectivity index (χ0) is 9.80. The van der Waals surface area contributed by atoms with Crippen LogP contribution in [0.3, 0.4) is 0 Å². The molecule has 0 aliphatic carbocycles. The molecule has 3 nitrogen and oxygen atoms in total. The van der Waals surface area contributed by atoms with Crippen molar-refractivity contribution in [2.24, 2.45) is 0 Å². The molecule has 1 aromatic heterocycles. The minimum atomic E-state index is 0.512. The summed E-state index contributed by atoms with van der Waals surface area (Å²) in [6, 6.07) is 11.9. The first-order valence-corrected chi connectivity index (χ1v) is 4.38. The number of nitrogens with zero attached hydrogens (tertiary/aromatic N) is 1. The quantitative estimate of drug-likeness (QED) is 0.753. The normalized spacial score (nSPS) is 10.9. The Morgan fingerprint density at radius 1 is 1.14 bits per heavy atom. The molecule has 14 heavy (non-hydrogen) atoms. The molecule has 0 radical (unpaired) electrons. The minimum Gasteiger partial charge on any atom is -0.382 e. The third-order valence-electron chi connectivity index (χ3n) is 1.87. The molecule has 0 spiro atoms. The molecule has 2 rings (SSSR count). The average molecular weight is 185 g/mol. The van der Waals surface area contributed by atoms with Crippen molar-refractivity contribution in [3.63, 3.8) is 0 Å². The van der Waals surface area contributed by atoms with Crippen LogP contribution < -0.4 is 5.73 Å². The van der Waals surface area contributed by atoms with Crippen molar-refractivity contribution in [1.82, 2.24) is 10.2 Å². The van der Waals surface area contributed by atoms with E-state index in [1.807, 2.05) is 42.5 Å². The average Bonchev–Trinajstić information content (AvgIpc) is 2.63. The van der Waals surface area contributed by atoms with E-state index in [2.05, 4.69) is 10.2 Å². The third kappa shape index (κ3) is 2.01. The van der Waals surface area contributed by atoms with Crippen molar-refractivity contribution in [3.05, 3.63) is 47.7 Å². The number of hydrogen-bond donors (Lipinski definition) is 2. The molecule has 0 unspecified atom stereocenters. The van der Waals surface area contributed by atoms with Gasteiger partial charge in [0.25, 0.3) is 0 Å². The maximum absolute atomic E-state index is 5.47. The van der Waals surface area contributed by atoms with Crippen LogP contribution >= 0.6 is 0 Å². The highest BCUT2D eigenvalue weighted by Crippen LogP contribution is 2.07. The molecule has 0 atom stereocenters. The van der Waals surface area contributed by atoms with Crippen LogP contribution in [0.5, 0.6) is 0 Å². The van der Waals surface area contributed by atoms with Crippen LogP contribution in [0.2, 0.25) is 0 Å². The standard InChI is InChI=1S/C11H11N3/c12-11-8-10(13-14-11)7-6-9-4-2-1-3-5-9/h1-8H,(H3,12,13,14). The molecule has 0 saturated carbocycles. The molecule has 1 heterocycles. The predicted octanol–water partition coefficient (Wildman–Crippen LogP) is 2.16. The minimum absolute atomic E-state index is 0.512. The second-order valence-corrected chi connectivity index (χ2v) is 2.99. The first-order valence-electron chi connectivity index (χ1n) is 4.38. The van der Waals surface area contributed by atoms with Gasteiger partial charge in [0.1, 0.15) is 5.82 Å². The summed E-state index contributed by atoms with van der Waals surface area (Å²) in [4.78, 5) is 0. The zero-order valence-corrected chi connectivity index (χ0v) is 7.64. The van der Waals surface area contributed by atoms with Gasteiger partial charge in [-0.1, -0.05) is 36.4 Å². The van der Waals surface area contributed by atoms with E-state index in [1.54, 1.807) is 6.07 Å². The van der Waals surface area contributed by atoms with Crippen LogP contribution in [0.25, 0.3) is 12.2 Å². The molecule has 0 amide bonds. The molecule has 1 aromatic carbocycles. The number of benzene rings is 1. The second kappa shape index (κ2) is 3.79. The molecule has 3 N–H and O–H groups in total. The van der Waals surface area contributed by atoms with Gasteiger partial charge in [-0.05, 0) is 11.6 Å². The predicted molar refractivity (Wildman–Crippen MR) is 58.4 cm³/mol. The van der Waals surface area contributed by atoms with Crippen LogP contribution in [0.15, 0.2) is 36.4 Å². The summed E-state index contributed by atoms with van der Waals surface area (Å²) in [6.07, 6.45) is 3.95. The number of hydrogen-bond acceptors (Lipinski definition) is 2. The van der Waals surface area contributed by atoms with Gasteiger partial charge < -0.3 is 5.73 Å². The van der Waals surface area contributed by atoms with Crippen molar-refractivity contribution in [1.29, 1.82) is 0 Å². The van der Waals surface area contributed by atoms with E-state index in [0.29, 0.717) is 5.82 Å². The molecule has 70 valence electrons. The van der Waals surface area contributed by atoms with Crippen molar-refractivity contribution >= 4 is 18.0 Å². The van der Waals surface area contributed by atoms with E-state index in [1.165, 1.54) is 0 Å². The number of aromatic nitrogens is 2. The van der Waals surface area contributed by atoms with Gasteiger partial charge in [0.15, 0.2) is 0 Å². The molecule has 0 saturated heterocycles. The molecule has 3 heteroatoms. The van der Waals surface area contributed by atoms with Gasteiger partial charge in [-0.2, -0.15) is 5.10 Å². The molecule has 0 bridgehead atoms. The van der Waals surface area contributed by atoms with E-state index in [4.69, 9.17) is 5.73 Å². The Balaban J connectivity index is 2.15. The Hall–Kier alpha value is -2.03. The monoisotopic (exact) mass is 185 g/mol. The van der Waals surface area contributed by atoms with E-state index in [-0.39, 0.29) is 0 Å². The largest absolute Gasteiger partial charge is 0.382 e. The van der Waals surface area contributed by atoms with Gasteiger partial charge in [0.2, 0.25) is 0 Å². The van der Waals surface area contributed by atoms with Gasteiger partial charge in [-0.25, -0.2) is 0 Å². The van der Waals surface area contributed by atoms with E-state index in [0.717, 1.165) is 11.3 Å². The lowest BCUT2D eigenvalue weighted by Crippen LogP contribution is -1.81. The lowest BCUT2D eigenvalue weighted by molar-refractivity contribution is 1.09. The van der Waals surface area contributed by atoms with Crippen LogP contribution in [-0.4, -0.2) is 10.2 Å². The maximum Gasteiger partial charge on any atom is 0.145 e. The lowest BCUT2D eigenvalue weighted by atomic mass is 10.2. The first kappa shape index (κ1) is 8.56. The number of nitrogens with two attached hydrogens (primary N) is 1. The fraction of sp³-hybridized carbons (Fsp3) is 0. The molecular formula is C11H11N3. The topological polar surface area (TPSA) is 54.7 Å². The Kier molecular flexibility index (Phi) is 2.32. The molecular weight excluding hydrogens is 174 g/mol. The summed E-state index contributed by atoms with van der Waals surface area (Å²) in [5, 5.41) is 6.64. The maximum atomic E-state index is 5.47. The molecule has 2 aromatic rings. The highest BCUT2D eigenvalue weighted by molar-refractivity contribution is 5.68. The van der Waals surface area contributed by atoms with E-state index in [9.17, 15) is 0 Å². The van der Waals surface area contributed by atoms with Crippen molar-refractivity contribution in [2.45, 2.75) is 0 Å². The SMILES string of the molecule is Nc1cc(C=Cc2ccccc2)[nH]n1. The highest BCUT2D eigenvalue weighted by atomic mass is 15.1. The molecule has 0 fully saturated rings. The van der Waals surface area contributed by atoms with Gasteiger partial charge in [0, 0.05) is 6.07 Å². The van der Waals surface area contributed by atoms with Crippen molar-refractivity contribution in [3.8, 4) is 0 Å². The number of aromatic amines is 1. The second-order valence-electron chi connectivity index (χ2n) is 2.99. The summed E-state index contributed by atoms with van der Waals surface area (Å²) < 4.78 is 0. The summed E-state index contributed by atoms with van der Waals surface area (Å²) in [5.41, 5.74) is 7.53. The Labute approximate surface area is 82.3 Å². The summed E-state index contributed by atoms with van der Waals surface area (Å²) in [6.45, 7) is 0. The van der Waals surface area contributed by atoms with Crippen LogP contribution in [0.4, 0.5) is 5.82 Å².